The second-order valence-corrected chi connectivity index (χ2v) is 13.3. The van der Waals surface area contributed by atoms with Crippen molar-refractivity contribution in [1.82, 2.24) is 19.9 Å². The van der Waals surface area contributed by atoms with Crippen LogP contribution in [-0.4, -0.2) is 45.3 Å². The van der Waals surface area contributed by atoms with E-state index < -0.39 is 11.5 Å². The molecule has 0 amide bonds. The second-order valence-electron chi connectivity index (χ2n) is 12.1. The van der Waals surface area contributed by atoms with E-state index in [-0.39, 0.29) is 17.1 Å². The van der Waals surface area contributed by atoms with Gasteiger partial charge in [0.25, 0.3) is 0 Å². The molecule has 0 saturated carbocycles. The van der Waals surface area contributed by atoms with Crippen LogP contribution in [0.2, 0.25) is 5.02 Å². The molecule has 2 aromatic carbocycles. The number of benzene rings is 2. The Bertz CT molecular complexity index is 1780. The van der Waals surface area contributed by atoms with Gasteiger partial charge in [0.05, 0.1) is 22.2 Å². The van der Waals surface area contributed by atoms with E-state index in [1.54, 1.807) is 46.8 Å². The number of aryl methyl sites for hydroxylation is 1. The summed E-state index contributed by atoms with van der Waals surface area (Å²) in [7, 11) is 0. The van der Waals surface area contributed by atoms with Crippen LogP contribution in [-0.2, 0) is 6.42 Å². The Morgan fingerprint density at radius 2 is 2.09 bits per heavy atom. The van der Waals surface area contributed by atoms with E-state index in [2.05, 4.69) is 39.2 Å². The van der Waals surface area contributed by atoms with E-state index in [1.807, 2.05) is 19.1 Å². The number of nitrogens with one attached hydrogen (secondary N) is 2. The van der Waals surface area contributed by atoms with Crippen LogP contribution in [0.5, 0.6) is 0 Å². The molecule has 3 heterocycles. The Morgan fingerprint density at radius 3 is 2.85 bits per heavy atom. The smallest absolute Gasteiger partial charge is 0.354 e. The highest BCUT2D eigenvalue weighted by Crippen LogP contribution is 2.34. The first-order valence-corrected chi connectivity index (χ1v) is 17.5. The normalized spacial score (nSPS) is 18.1. The minimum absolute atomic E-state index is 0.0463. The Balaban J connectivity index is 1.41. The topological polar surface area (TPSA) is 127 Å². The molecule has 6 N–H and O–H groups in total. The summed E-state index contributed by atoms with van der Waals surface area (Å²) >= 11 is 7.96. The molecule has 1 aliphatic heterocycles. The third-order valence-corrected chi connectivity index (χ3v) is 9.70. The molecule has 0 unspecified atom stereocenters. The van der Waals surface area contributed by atoms with E-state index in [4.69, 9.17) is 23.1 Å². The first-order valence-electron chi connectivity index (χ1n) is 15.9. The number of nitrogens with two attached hydrogens (primary N) is 2. The van der Waals surface area contributed by atoms with Gasteiger partial charge in [0.2, 0.25) is 0 Å². The van der Waals surface area contributed by atoms with Gasteiger partial charge in [0.1, 0.15) is 5.65 Å². The van der Waals surface area contributed by atoms with Crippen molar-refractivity contribution in [1.29, 1.82) is 0 Å². The summed E-state index contributed by atoms with van der Waals surface area (Å²) in [6.07, 6.45) is 13.3. The van der Waals surface area contributed by atoms with E-state index in [0.29, 0.717) is 40.6 Å². The summed E-state index contributed by atoms with van der Waals surface area (Å²) in [5.41, 5.74) is 15.4. The van der Waals surface area contributed by atoms with Crippen molar-refractivity contribution in [3.8, 4) is 16.9 Å². The van der Waals surface area contributed by atoms with Gasteiger partial charge in [-0.15, -0.1) is 18.3 Å². The number of aliphatic imine (C=N–C) groups is 1. The highest BCUT2D eigenvalue weighted by molar-refractivity contribution is 7.98. The quantitative estimate of drug-likeness (QED) is 0.0556. The molecule has 46 heavy (non-hydrogen) atoms. The SMILES string of the molecule is C=C[C@H](N)CCCc1cc(Cl)c(F)c(-c2cc3cn(-c4ccc([C@@H]5CCCC[C@@H](CCN=C(C)N)N5)c(SC)c4)c(=O)nc3[nH]2)c1. The van der Waals surface area contributed by atoms with Gasteiger partial charge < -0.3 is 21.8 Å². The van der Waals surface area contributed by atoms with Crippen LogP contribution in [0.4, 0.5) is 4.39 Å². The molecule has 0 bridgehead atoms. The summed E-state index contributed by atoms with van der Waals surface area (Å²) in [6, 6.07) is 11.9. The molecule has 244 valence electrons. The Kier molecular flexibility index (Phi) is 11.4. The van der Waals surface area contributed by atoms with Gasteiger partial charge >= 0.3 is 5.69 Å². The minimum Gasteiger partial charge on any atom is -0.388 e. The van der Waals surface area contributed by atoms with Crippen LogP contribution in [0.25, 0.3) is 28.0 Å². The number of fused-ring (bicyclic) bond motifs is 1. The third-order valence-electron chi connectivity index (χ3n) is 8.63. The molecule has 5 rings (SSSR count). The number of nitrogens with zero attached hydrogens (tertiary/aromatic N) is 3. The van der Waals surface area contributed by atoms with Gasteiger partial charge in [0.15, 0.2) is 5.82 Å². The Labute approximate surface area is 278 Å². The molecule has 4 aromatic rings. The molecule has 0 aliphatic carbocycles. The predicted octanol–water partition coefficient (Wildman–Crippen LogP) is 7.07. The Morgan fingerprint density at radius 1 is 1.28 bits per heavy atom. The molecule has 11 heteroatoms. The number of halogens is 2. The van der Waals surface area contributed by atoms with Crippen molar-refractivity contribution in [2.75, 3.05) is 12.8 Å². The summed E-state index contributed by atoms with van der Waals surface area (Å²) < 4.78 is 16.8. The lowest BCUT2D eigenvalue weighted by atomic mass is 10.0. The number of amidine groups is 1. The molecule has 3 atom stereocenters. The van der Waals surface area contributed by atoms with E-state index in [0.717, 1.165) is 61.2 Å². The third kappa shape index (κ3) is 8.09. The van der Waals surface area contributed by atoms with Gasteiger partial charge in [0, 0.05) is 46.7 Å². The summed E-state index contributed by atoms with van der Waals surface area (Å²) in [5, 5.41) is 4.60. The van der Waals surface area contributed by atoms with Gasteiger partial charge in [-0.2, -0.15) is 4.98 Å². The maximum Gasteiger partial charge on any atom is 0.354 e. The van der Waals surface area contributed by atoms with Crippen molar-refractivity contribution in [3.63, 3.8) is 0 Å². The van der Waals surface area contributed by atoms with Crippen LogP contribution >= 0.6 is 23.4 Å². The standard InChI is InChI=1S/C35H43ClFN7OS/c1-4-24(39)9-7-8-22-16-28(33(37)29(36)17-22)31-18-23-20-44(35(45)43-34(23)42-31)26-12-13-27(32(19-26)46-3)30-11-6-5-10-25(41-30)14-15-40-21(2)38/h4,12-13,16-20,24-25,30,41H,1,5-11,14-15,39H2,2-3H3,(H2,38,40)(H,42,43,45)/t24-,25-,30-/m0/s1. The van der Waals surface area contributed by atoms with Crippen LogP contribution in [0.1, 0.15) is 69.0 Å². The number of H-pyrrole nitrogens is 1. The van der Waals surface area contributed by atoms with Crippen molar-refractivity contribution >= 4 is 40.2 Å². The average Bonchev–Trinajstić information content (AvgIpc) is 3.30. The van der Waals surface area contributed by atoms with Gasteiger partial charge in [-0.1, -0.05) is 36.6 Å². The average molecular weight is 664 g/mol. The summed E-state index contributed by atoms with van der Waals surface area (Å²) in [6.45, 7) is 6.27. The largest absolute Gasteiger partial charge is 0.388 e. The van der Waals surface area contributed by atoms with E-state index >= 15 is 4.39 Å². The molecule has 0 radical (unpaired) electrons. The molecule has 1 aliphatic rings. The maximum atomic E-state index is 15.3. The molecule has 8 nitrogen and oxygen atoms in total. The molecular weight excluding hydrogens is 621 g/mol. The monoisotopic (exact) mass is 663 g/mol. The van der Waals surface area contributed by atoms with Crippen LogP contribution in [0.3, 0.4) is 0 Å². The zero-order valence-electron chi connectivity index (χ0n) is 26.5. The first-order chi connectivity index (χ1) is 22.2. The van der Waals surface area contributed by atoms with Crippen LogP contribution < -0.4 is 22.5 Å². The first kappa shape index (κ1) is 33.9. The number of hydrogen-bond acceptors (Lipinski definition) is 6. The number of rotatable bonds is 12. The highest BCUT2D eigenvalue weighted by Gasteiger charge is 2.23. The van der Waals surface area contributed by atoms with Gasteiger partial charge in [-0.25, -0.2) is 9.18 Å². The molecule has 2 aromatic heterocycles. The minimum atomic E-state index is -0.522. The molecule has 1 saturated heterocycles. The zero-order chi connectivity index (χ0) is 32.8. The fourth-order valence-electron chi connectivity index (χ4n) is 6.17. The summed E-state index contributed by atoms with van der Waals surface area (Å²) in [5.74, 6) is 0.0956. The van der Waals surface area contributed by atoms with Crippen molar-refractivity contribution in [2.45, 2.75) is 81.3 Å². The predicted molar refractivity (Wildman–Crippen MR) is 190 cm³/mol. The van der Waals surface area contributed by atoms with E-state index in [1.165, 1.54) is 12.0 Å². The fourth-order valence-corrected chi connectivity index (χ4v) is 7.09. The number of hydrogen-bond donors (Lipinski definition) is 4. The van der Waals surface area contributed by atoms with Crippen LogP contribution in [0, 0.1) is 5.82 Å². The number of aromatic nitrogens is 3. The fraction of sp³-hybridized carbons (Fsp3) is 0.400. The molecule has 1 fully saturated rings. The summed E-state index contributed by atoms with van der Waals surface area (Å²) in [4.78, 5) is 26.2. The van der Waals surface area contributed by atoms with Crippen molar-refractivity contribution in [2.24, 2.45) is 16.5 Å². The number of thioether (sulfide) groups is 1. The van der Waals surface area contributed by atoms with Crippen molar-refractivity contribution in [3.05, 3.63) is 87.7 Å². The maximum absolute atomic E-state index is 15.3. The van der Waals surface area contributed by atoms with Gasteiger partial charge in [-0.05, 0) is 93.2 Å². The number of aromatic amines is 1. The molecule has 0 spiro atoms. The highest BCUT2D eigenvalue weighted by atomic mass is 35.5. The van der Waals surface area contributed by atoms with E-state index in [9.17, 15) is 4.79 Å². The zero-order valence-corrected chi connectivity index (χ0v) is 28.1. The lowest BCUT2D eigenvalue weighted by molar-refractivity contribution is 0.419. The molecular formula is C35H43ClFN7OS. The lowest BCUT2D eigenvalue weighted by Crippen LogP contribution is -2.32. The van der Waals surface area contributed by atoms with Crippen LogP contribution in [0.15, 0.2) is 69.9 Å². The lowest BCUT2D eigenvalue weighted by Gasteiger charge is -2.25. The van der Waals surface area contributed by atoms with Crippen molar-refractivity contribution < 1.29 is 4.39 Å². The second kappa shape index (κ2) is 15.4. The van der Waals surface area contributed by atoms with Gasteiger partial charge in [-0.3, -0.25) is 9.56 Å². The Hall–Kier alpha value is -3.44.